The van der Waals surface area contributed by atoms with Gasteiger partial charge in [0, 0.05) is 19.6 Å². The third kappa shape index (κ3) is 1.68. The Balaban J connectivity index is 2.32. The van der Waals surface area contributed by atoms with Gasteiger partial charge in [-0.25, -0.2) is 0 Å². The molecule has 0 bridgehead atoms. The van der Waals surface area contributed by atoms with E-state index < -0.39 is 0 Å². The second kappa shape index (κ2) is 3.53. The van der Waals surface area contributed by atoms with Gasteiger partial charge in [0.25, 0.3) is 0 Å². The van der Waals surface area contributed by atoms with Crippen LogP contribution in [0.1, 0.15) is 0 Å². The van der Waals surface area contributed by atoms with E-state index in [0.717, 1.165) is 0 Å². The summed E-state index contributed by atoms with van der Waals surface area (Å²) >= 11 is 0. The Bertz CT molecular complexity index is 125. The predicted octanol–water partition coefficient (Wildman–Crippen LogP) is -1.20. The zero-order valence-electron chi connectivity index (χ0n) is 5.88. The van der Waals surface area contributed by atoms with Crippen molar-refractivity contribution in [3.8, 4) is 0 Å². The van der Waals surface area contributed by atoms with Gasteiger partial charge in [-0.05, 0) is 0 Å². The molecule has 1 heterocycles. The number of nitrogens with two attached hydrogens (primary N) is 1. The number of hydrogen-bond acceptors (Lipinski definition) is 3. The molecule has 1 amide bonds. The van der Waals surface area contributed by atoms with Crippen molar-refractivity contribution in [3.05, 3.63) is 0 Å². The van der Waals surface area contributed by atoms with Crippen molar-refractivity contribution in [2.24, 2.45) is 5.73 Å². The summed E-state index contributed by atoms with van der Waals surface area (Å²) in [4.78, 5) is 12.7. The highest BCUT2D eigenvalue weighted by molar-refractivity contribution is 5.77. The van der Waals surface area contributed by atoms with Crippen LogP contribution in [0.15, 0.2) is 0 Å². The molecule has 2 N–H and O–H groups in total. The molecular weight excluding hydrogens is 132 g/mol. The molecule has 4 heteroatoms. The van der Waals surface area contributed by atoms with Crippen LogP contribution in [0.25, 0.3) is 0 Å². The number of hydrogen-bond donors (Lipinski definition) is 1. The van der Waals surface area contributed by atoms with Crippen LogP contribution in [0.4, 0.5) is 0 Å². The summed E-state index contributed by atoms with van der Waals surface area (Å²) in [5.74, 6) is 0.0525. The molecule has 1 aliphatic rings. The number of amides is 1. The van der Waals surface area contributed by atoms with Crippen LogP contribution in [0.3, 0.4) is 0 Å². The SMILES string of the molecule is NCCN1CCOCC1=O. The van der Waals surface area contributed by atoms with E-state index in [9.17, 15) is 4.79 Å². The van der Waals surface area contributed by atoms with Crippen molar-refractivity contribution in [3.63, 3.8) is 0 Å². The quantitative estimate of drug-likeness (QED) is 0.530. The molecule has 58 valence electrons. The predicted molar refractivity (Wildman–Crippen MR) is 36.5 cm³/mol. The zero-order valence-corrected chi connectivity index (χ0v) is 5.88. The fourth-order valence-electron chi connectivity index (χ4n) is 0.943. The summed E-state index contributed by atoms with van der Waals surface area (Å²) in [5.41, 5.74) is 5.29. The lowest BCUT2D eigenvalue weighted by Gasteiger charge is -2.25. The molecule has 0 spiro atoms. The van der Waals surface area contributed by atoms with Gasteiger partial charge >= 0.3 is 0 Å². The van der Waals surface area contributed by atoms with Gasteiger partial charge in [0.05, 0.1) is 6.61 Å². The number of carbonyl (C=O) groups is 1. The minimum absolute atomic E-state index is 0.0525. The van der Waals surface area contributed by atoms with E-state index in [1.165, 1.54) is 0 Å². The second-order valence-corrected chi connectivity index (χ2v) is 2.22. The van der Waals surface area contributed by atoms with Crippen LogP contribution >= 0.6 is 0 Å². The third-order valence-electron chi connectivity index (χ3n) is 1.48. The number of morpholine rings is 1. The highest BCUT2D eigenvalue weighted by Gasteiger charge is 2.16. The van der Waals surface area contributed by atoms with E-state index in [1.54, 1.807) is 4.90 Å². The van der Waals surface area contributed by atoms with E-state index in [4.69, 9.17) is 10.5 Å². The van der Waals surface area contributed by atoms with Crippen molar-refractivity contribution in [1.29, 1.82) is 0 Å². The molecular formula is C6H12N2O2. The first-order chi connectivity index (χ1) is 4.84. The summed E-state index contributed by atoms with van der Waals surface area (Å²) < 4.78 is 4.93. The molecule has 1 rings (SSSR count). The maximum atomic E-state index is 10.9. The topological polar surface area (TPSA) is 55.6 Å². The summed E-state index contributed by atoms with van der Waals surface area (Å²) in [6.45, 7) is 2.75. The van der Waals surface area contributed by atoms with Gasteiger partial charge in [-0.15, -0.1) is 0 Å². The van der Waals surface area contributed by atoms with Crippen molar-refractivity contribution < 1.29 is 9.53 Å². The molecule has 0 atom stereocenters. The molecule has 1 fully saturated rings. The monoisotopic (exact) mass is 144 g/mol. The summed E-state index contributed by atoms with van der Waals surface area (Å²) in [5, 5.41) is 0. The third-order valence-corrected chi connectivity index (χ3v) is 1.48. The van der Waals surface area contributed by atoms with Crippen molar-refractivity contribution in [2.45, 2.75) is 0 Å². The maximum absolute atomic E-state index is 10.9. The molecule has 0 aromatic carbocycles. The molecule has 0 unspecified atom stereocenters. The molecule has 0 aliphatic carbocycles. The Kier molecular flexibility index (Phi) is 2.65. The average molecular weight is 144 g/mol. The fraction of sp³-hybridized carbons (Fsp3) is 0.833. The van der Waals surface area contributed by atoms with Gasteiger partial charge in [0.1, 0.15) is 6.61 Å². The lowest BCUT2D eigenvalue weighted by Crippen LogP contribution is -2.43. The molecule has 4 nitrogen and oxygen atoms in total. The molecule has 0 saturated carbocycles. The Morgan fingerprint density at radius 2 is 2.50 bits per heavy atom. The Morgan fingerprint density at radius 1 is 1.70 bits per heavy atom. The molecule has 0 aromatic heterocycles. The number of carbonyl (C=O) groups excluding carboxylic acids is 1. The van der Waals surface area contributed by atoms with Crippen molar-refractivity contribution in [1.82, 2.24) is 4.90 Å². The highest BCUT2D eigenvalue weighted by Crippen LogP contribution is 1.96. The van der Waals surface area contributed by atoms with Crippen molar-refractivity contribution >= 4 is 5.91 Å². The van der Waals surface area contributed by atoms with E-state index >= 15 is 0 Å². The zero-order chi connectivity index (χ0) is 7.40. The minimum atomic E-state index is 0.0525. The van der Waals surface area contributed by atoms with Gasteiger partial charge < -0.3 is 15.4 Å². The summed E-state index contributed by atoms with van der Waals surface area (Å²) in [7, 11) is 0. The van der Waals surface area contributed by atoms with Gasteiger partial charge in [-0.2, -0.15) is 0 Å². The lowest BCUT2D eigenvalue weighted by molar-refractivity contribution is -0.142. The molecule has 0 radical (unpaired) electrons. The lowest BCUT2D eigenvalue weighted by atomic mass is 10.4. The number of ether oxygens (including phenoxy) is 1. The summed E-state index contributed by atoms with van der Waals surface area (Å²) in [6.07, 6.45) is 0. The van der Waals surface area contributed by atoms with E-state index in [0.29, 0.717) is 26.2 Å². The molecule has 1 saturated heterocycles. The summed E-state index contributed by atoms with van der Waals surface area (Å²) in [6, 6.07) is 0. The second-order valence-electron chi connectivity index (χ2n) is 2.22. The normalized spacial score (nSPS) is 19.7. The molecule has 10 heavy (non-hydrogen) atoms. The Labute approximate surface area is 59.9 Å². The first-order valence-electron chi connectivity index (χ1n) is 3.40. The van der Waals surface area contributed by atoms with Crippen LogP contribution in [0, 0.1) is 0 Å². The van der Waals surface area contributed by atoms with Crippen LogP contribution in [-0.4, -0.2) is 43.7 Å². The molecule has 1 aliphatic heterocycles. The van der Waals surface area contributed by atoms with E-state index in [2.05, 4.69) is 0 Å². The average Bonchev–Trinajstić information content (AvgIpc) is 1.94. The van der Waals surface area contributed by atoms with Gasteiger partial charge in [-0.1, -0.05) is 0 Å². The van der Waals surface area contributed by atoms with E-state index in [-0.39, 0.29) is 12.5 Å². The Hall–Kier alpha value is -0.610. The maximum Gasteiger partial charge on any atom is 0.248 e. The highest BCUT2D eigenvalue weighted by atomic mass is 16.5. The fourth-order valence-corrected chi connectivity index (χ4v) is 0.943. The first kappa shape index (κ1) is 7.50. The largest absolute Gasteiger partial charge is 0.370 e. The van der Waals surface area contributed by atoms with Gasteiger partial charge in [0.15, 0.2) is 0 Å². The molecule has 0 aromatic rings. The van der Waals surface area contributed by atoms with Crippen LogP contribution in [0.2, 0.25) is 0 Å². The van der Waals surface area contributed by atoms with Crippen LogP contribution in [0.5, 0.6) is 0 Å². The van der Waals surface area contributed by atoms with E-state index in [1.807, 2.05) is 0 Å². The van der Waals surface area contributed by atoms with Crippen molar-refractivity contribution in [2.75, 3.05) is 32.8 Å². The van der Waals surface area contributed by atoms with Gasteiger partial charge in [0.2, 0.25) is 5.91 Å². The number of rotatable bonds is 2. The standard InChI is InChI=1S/C6H12N2O2/c7-1-2-8-3-4-10-5-6(8)9/h1-5,7H2. The van der Waals surface area contributed by atoms with Crippen LogP contribution < -0.4 is 5.73 Å². The Morgan fingerprint density at radius 3 is 3.10 bits per heavy atom. The van der Waals surface area contributed by atoms with Gasteiger partial charge in [-0.3, -0.25) is 4.79 Å². The van der Waals surface area contributed by atoms with Crippen LogP contribution in [-0.2, 0) is 9.53 Å². The minimum Gasteiger partial charge on any atom is -0.370 e. The first-order valence-corrected chi connectivity index (χ1v) is 3.40. The smallest absolute Gasteiger partial charge is 0.248 e. The number of nitrogens with zero attached hydrogens (tertiary/aromatic N) is 1.